The van der Waals surface area contributed by atoms with Crippen LogP contribution in [0, 0.1) is 6.92 Å². The van der Waals surface area contributed by atoms with E-state index in [4.69, 9.17) is 11.6 Å². The molecule has 0 aliphatic heterocycles. The molecule has 0 aliphatic carbocycles. The van der Waals surface area contributed by atoms with E-state index in [1.165, 1.54) is 13.3 Å². The van der Waals surface area contributed by atoms with Gasteiger partial charge in [0.25, 0.3) is 0 Å². The number of esters is 1. The summed E-state index contributed by atoms with van der Waals surface area (Å²) in [6.07, 6.45) is 1.46. The molecule has 4 nitrogen and oxygen atoms in total. The molecule has 0 spiro atoms. The maximum absolute atomic E-state index is 10.9. The van der Waals surface area contributed by atoms with Gasteiger partial charge in [-0.05, 0) is 6.92 Å². The van der Waals surface area contributed by atoms with Gasteiger partial charge in [0.1, 0.15) is 0 Å². The number of aromatic nitrogens is 2. The Bertz CT molecular complexity index is 316. The third-order valence-corrected chi connectivity index (χ3v) is 1.49. The molecule has 0 fully saturated rings. The summed E-state index contributed by atoms with van der Waals surface area (Å²) < 4.78 is 4.43. The molecule has 0 bridgehead atoms. The van der Waals surface area contributed by atoms with Crippen molar-refractivity contribution in [2.45, 2.75) is 20.8 Å². The SMILES string of the molecule is CC.COC(=O)c1ncc(C)nc1Cl. The Morgan fingerprint density at radius 3 is 2.50 bits per heavy atom. The summed E-state index contributed by atoms with van der Waals surface area (Å²) in [6.45, 7) is 5.74. The highest BCUT2D eigenvalue weighted by atomic mass is 35.5. The molecule has 0 amide bonds. The highest BCUT2D eigenvalue weighted by molar-refractivity contribution is 6.32. The van der Waals surface area contributed by atoms with E-state index < -0.39 is 5.97 Å². The first kappa shape index (κ1) is 12.8. The summed E-state index contributed by atoms with van der Waals surface area (Å²) >= 11 is 5.63. The molecular formula is C9H13ClN2O2. The Morgan fingerprint density at radius 1 is 1.50 bits per heavy atom. The van der Waals surface area contributed by atoms with Gasteiger partial charge in [0.05, 0.1) is 12.8 Å². The number of methoxy groups -OCH3 is 1. The number of nitrogens with zero attached hydrogens (tertiary/aromatic N) is 2. The first-order valence-corrected chi connectivity index (χ1v) is 4.60. The number of ether oxygens (including phenoxy) is 1. The lowest BCUT2D eigenvalue weighted by molar-refractivity contribution is 0.0593. The molecule has 0 aliphatic rings. The van der Waals surface area contributed by atoms with E-state index >= 15 is 0 Å². The Labute approximate surface area is 88.3 Å². The maximum Gasteiger partial charge on any atom is 0.359 e. The second-order valence-electron chi connectivity index (χ2n) is 2.14. The Morgan fingerprint density at radius 2 is 2.07 bits per heavy atom. The minimum absolute atomic E-state index is 0.0461. The van der Waals surface area contributed by atoms with Gasteiger partial charge in [0, 0.05) is 6.20 Å². The summed E-state index contributed by atoms with van der Waals surface area (Å²) in [5.74, 6) is -0.576. The van der Waals surface area contributed by atoms with Gasteiger partial charge in [-0.2, -0.15) is 0 Å². The average molecular weight is 217 g/mol. The predicted octanol–water partition coefficient (Wildman–Crippen LogP) is 2.25. The Kier molecular flexibility index (Phi) is 5.79. The third-order valence-electron chi connectivity index (χ3n) is 1.23. The third kappa shape index (κ3) is 3.30. The molecular weight excluding hydrogens is 204 g/mol. The summed E-state index contributed by atoms with van der Waals surface area (Å²) in [5.41, 5.74) is 0.706. The number of hydrogen-bond donors (Lipinski definition) is 0. The minimum Gasteiger partial charge on any atom is -0.464 e. The lowest BCUT2D eigenvalue weighted by Crippen LogP contribution is -2.06. The topological polar surface area (TPSA) is 52.1 Å². The Balaban J connectivity index is 0.000000791. The van der Waals surface area contributed by atoms with Gasteiger partial charge in [-0.1, -0.05) is 25.4 Å². The van der Waals surface area contributed by atoms with Crippen LogP contribution in [0.1, 0.15) is 30.0 Å². The molecule has 0 unspecified atom stereocenters. The van der Waals surface area contributed by atoms with Crippen LogP contribution in [0.3, 0.4) is 0 Å². The number of carbonyl (C=O) groups is 1. The zero-order chi connectivity index (χ0) is 11.1. The van der Waals surface area contributed by atoms with E-state index in [1.54, 1.807) is 6.92 Å². The summed E-state index contributed by atoms with van der Waals surface area (Å²) in [6, 6.07) is 0. The number of carbonyl (C=O) groups excluding carboxylic acids is 1. The van der Waals surface area contributed by atoms with Gasteiger partial charge in [0.15, 0.2) is 10.8 Å². The minimum atomic E-state index is -0.576. The molecule has 0 aromatic carbocycles. The van der Waals surface area contributed by atoms with Crippen molar-refractivity contribution in [1.82, 2.24) is 9.97 Å². The lowest BCUT2D eigenvalue weighted by Gasteiger charge is -1.99. The summed E-state index contributed by atoms with van der Waals surface area (Å²) in [4.78, 5) is 18.6. The fourth-order valence-corrected chi connectivity index (χ4v) is 0.941. The van der Waals surface area contributed by atoms with Crippen molar-refractivity contribution in [2.24, 2.45) is 0 Å². The quantitative estimate of drug-likeness (QED) is 0.676. The number of hydrogen-bond acceptors (Lipinski definition) is 4. The van der Waals surface area contributed by atoms with Crippen LogP contribution in [-0.4, -0.2) is 23.0 Å². The maximum atomic E-state index is 10.9. The van der Waals surface area contributed by atoms with E-state index in [-0.39, 0.29) is 10.8 Å². The molecule has 0 radical (unpaired) electrons. The normalized spacial score (nSPS) is 8.64. The molecule has 0 N–H and O–H groups in total. The van der Waals surface area contributed by atoms with E-state index in [9.17, 15) is 4.79 Å². The molecule has 0 saturated carbocycles. The summed E-state index contributed by atoms with van der Waals surface area (Å²) in [7, 11) is 1.26. The zero-order valence-electron chi connectivity index (χ0n) is 8.67. The van der Waals surface area contributed by atoms with Crippen LogP contribution in [0.5, 0.6) is 0 Å². The summed E-state index contributed by atoms with van der Waals surface area (Å²) in [5, 5.41) is 0.0712. The Hall–Kier alpha value is -1.16. The number of rotatable bonds is 1. The van der Waals surface area contributed by atoms with E-state index in [0.717, 1.165) is 0 Å². The van der Waals surface area contributed by atoms with Gasteiger partial charge in [-0.3, -0.25) is 0 Å². The highest BCUT2D eigenvalue weighted by Crippen LogP contribution is 2.10. The molecule has 1 aromatic heterocycles. The van der Waals surface area contributed by atoms with Crippen LogP contribution in [-0.2, 0) is 4.74 Å². The van der Waals surface area contributed by atoms with E-state index in [2.05, 4.69) is 14.7 Å². The standard InChI is InChI=1S/C7H7ClN2O2.C2H6/c1-4-3-9-5(6(8)10-4)7(11)12-2;1-2/h3H,1-2H3;1-2H3. The smallest absolute Gasteiger partial charge is 0.359 e. The van der Waals surface area contributed by atoms with E-state index in [0.29, 0.717) is 5.69 Å². The van der Waals surface area contributed by atoms with Crippen LogP contribution >= 0.6 is 11.6 Å². The average Bonchev–Trinajstić information content (AvgIpc) is 2.20. The predicted molar refractivity (Wildman–Crippen MR) is 54.5 cm³/mol. The lowest BCUT2D eigenvalue weighted by atomic mass is 10.4. The molecule has 0 atom stereocenters. The largest absolute Gasteiger partial charge is 0.464 e. The first-order chi connectivity index (χ1) is 6.65. The molecule has 78 valence electrons. The van der Waals surface area contributed by atoms with Crippen molar-refractivity contribution in [3.63, 3.8) is 0 Å². The second-order valence-corrected chi connectivity index (χ2v) is 2.50. The highest BCUT2D eigenvalue weighted by Gasteiger charge is 2.12. The van der Waals surface area contributed by atoms with Crippen LogP contribution in [0.25, 0.3) is 0 Å². The van der Waals surface area contributed by atoms with Gasteiger partial charge < -0.3 is 4.74 Å². The van der Waals surface area contributed by atoms with Gasteiger partial charge >= 0.3 is 5.97 Å². The molecule has 14 heavy (non-hydrogen) atoms. The molecule has 5 heteroatoms. The van der Waals surface area contributed by atoms with Crippen LogP contribution < -0.4 is 0 Å². The van der Waals surface area contributed by atoms with Gasteiger partial charge in [-0.25, -0.2) is 14.8 Å². The van der Waals surface area contributed by atoms with Crippen molar-refractivity contribution in [1.29, 1.82) is 0 Å². The molecule has 0 saturated heterocycles. The monoisotopic (exact) mass is 216 g/mol. The fraction of sp³-hybridized carbons (Fsp3) is 0.444. The van der Waals surface area contributed by atoms with Crippen molar-refractivity contribution < 1.29 is 9.53 Å². The first-order valence-electron chi connectivity index (χ1n) is 4.22. The van der Waals surface area contributed by atoms with Crippen molar-refractivity contribution in [2.75, 3.05) is 7.11 Å². The number of halogens is 1. The van der Waals surface area contributed by atoms with Gasteiger partial charge in [0.2, 0.25) is 0 Å². The van der Waals surface area contributed by atoms with Crippen molar-refractivity contribution in [3.8, 4) is 0 Å². The second kappa shape index (κ2) is 6.32. The van der Waals surface area contributed by atoms with Crippen LogP contribution in [0.15, 0.2) is 6.20 Å². The van der Waals surface area contributed by atoms with Crippen molar-refractivity contribution in [3.05, 3.63) is 22.7 Å². The molecule has 1 heterocycles. The number of aryl methyl sites for hydroxylation is 1. The van der Waals surface area contributed by atoms with Crippen molar-refractivity contribution >= 4 is 17.6 Å². The molecule has 1 rings (SSSR count). The fourth-order valence-electron chi connectivity index (χ4n) is 0.681. The molecule has 1 aromatic rings. The zero-order valence-corrected chi connectivity index (χ0v) is 9.42. The van der Waals surface area contributed by atoms with Crippen LogP contribution in [0.2, 0.25) is 5.15 Å². The van der Waals surface area contributed by atoms with E-state index in [1.807, 2.05) is 13.8 Å². The van der Waals surface area contributed by atoms with Crippen LogP contribution in [0.4, 0.5) is 0 Å². The van der Waals surface area contributed by atoms with Gasteiger partial charge in [-0.15, -0.1) is 0 Å².